The molecule has 0 N–H and O–H groups in total. The minimum Gasteiger partial charge on any atom is -0.334 e. The van der Waals surface area contributed by atoms with Crippen molar-refractivity contribution in [3.8, 4) is 0 Å². The molecular weight excluding hydrogens is 332 g/mol. The number of carbonyl (C=O) groups is 1. The molecule has 110 valence electrons. The van der Waals surface area contributed by atoms with Crippen molar-refractivity contribution in [1.82, 2.24) is 19.7 Å². The van der Waals surface area contributed by atoms with E-state index in [9.17, 15) is 4.79 Å². The van der Waals surface area contributed by atoms with E-state index in [1.807, 2.05) is 25.1 Å². The van der Waals surface area contributed by atoms with Crippen LogP contribution in [-0.4, -0.2) is 32.6 Å². The van der Waals surface area contributed by atoms with Crippen molar-refractivity contribution in [1.29, 1.82) is 0 Å². The van der Waals surface area contributed by atoms with E-state index in [0.29, 0.717) is 12.1 Å². The molecule has 0 atom stereocenters. The molecule has 0 unspecified atom stereocenters. The van der Waals surface area contributed by atoms with Crippen molar-refractivity contribution in [3.63, 3.8) is 0 Å². The average Bonchev–Trinajstić information content (AvgIpc) is 3.05. The van der Waals surface area contributed by atoms with E-state index in [0.717, 1.165) is 41.1 Å². The van der Waals surface area contributed by atoms with Gasteiger partial charge in [-0.15, -0.1) is 10.2 Å². The topological polar surface area (TPSA) is 51.0 Å². The molecule has 0 aliphatic carbocycles. The van der Waals surface area contributed by atoms with Gasteiger partial charge in [-0.05, 0) is 31.0 Å². The summed E-state index contributed by atoms with van der Waals surface area (Å²) in [5, 5.41) is 8.38. The second kappa shape index (κ2) is 5.60. The van der Waals surface area contributed by atoms with Crippen LogP contribution in [0.3, 0.4) is 0 Å². The van der Waals surface area contributed by atoms with Gasteiger partial charge in [-0.2, -0.15) is 0 Å². The first kappa shape index (κ1) is 14.3. The molecule has 0 saturated carbocycles. The number of benzene rings is 1. The zero-order valence-corrected chi connectivity index (χ0v) is 13.7. The Morgan fingerprint density at radius 2 is 2.24 bits per heavy atom. The van der Waals surface area contributed by atoms with Crippen LogP contribution in [0.2, 0.25) is 0 Å². The molecular formula is C15H17BrN4O. The zero-order valence-electron chi connectivity index (χ0n) is 12.1. The third-order valence-corrected chi connectivity index (χ3v) is 4.33. The summed E-state index contributed by atoms with van der Waals surface area (Å²) in [4.78, 5) is 14.3. The number of nitrogens with zero attached hydrogens (tertiary/aromatic N) is 4. The molecule has 1 amide bonds. The lowest BCUT2D eigenvalue weighted by atomic mass is 10.1. The van der Waals surface area contributed by atoms with Gasteiger partial charge in [0.15, 0.2) is 5.82 Å². The van der Waals surface area contributed by atoms with Crippen molar-refractivity contribution in [2.75, 3.05) is 7.05 Å². The van der Waals surface area contributed by atoms with Crippen LogP contribution >= 0.6 is 15.9 Å². The van der Waals surface area contributed by atoms with Crippen LogP contribution in [0.5, 0.6) is 0 Å². The maximum Gasteiger partial charge on any atom is 0.254 e. The van der Waals surface area contributed by atoms with E-state index in [4.69, 9.17) is 0 Å². The first-order valence-electron chi connectivity index (χ1n) is 6.99. The van der Waals surface area contributed by atoms with Gasteiger partial charge in [0.2, 0.25) is 0 Å². The smallest absolute Gasteiger partial charge is 0.254 e. The summed E-state index contributed by atoms with van der Waals surface area (Å²) in [6, 6.07) is 5.75. The summed E-state index contributed by atoms with van der Waals surface area (Å²) >= 11 is 3.42. The Bertz CT molecular complexity index is 695. The van der Waals surface area contributed by atoms with Gasteiger partial charge in [0.1, 0.15) is 5.82 Å². The van der Waals surface area contributed by atoms with Gasteiger partial charge >= 0.3 is 0 Å². The Balaban J connectivity index is 1.80. The molecule has 2 aromatic rings. The van der Waals surface area contributed by atoms with Crippen molar-refractivity contribution in [2.24, 2.45) is 0 Å². The lowest BCUT2D eigenvalue weighted by Crippen LogP contribution is -2.28. The standard InChI is InChI=1S/C15H17BrN4O/c1-10-5-6-11(16)8-12(10)15(21)19(2)9-14-18-17-13-4-3-7-20(13)14/h5-6,8H,3-4,7,9H2,1-2H3. The fourth-order valence-corrected chi connectivity index (χ4v) is 3.00. The lowest BCUT2D eigenvalue weighted by Gasteiger charge is -2.18. The number of halogens is 1. The molecule has 1 aliphatic rings. The van der Waals surface area contributed by atoms with Gasteiger partial charge in [-0.3, -0.25) is 4.79 Å². The van der Waals surface area contributed by atoms with E-state index in [2.05, 4.69) is 30.7 Å². The molecule has 0 spiro atoms. The molecule has 0 saturated heterocycles. The van der Waals surface area contributed by atoms with Crippen LogP contribution in [0.1, 0.15) is 34.0 Å². The molecule has 3 rings (SSSR count). The van der Waals surface area contributed by atoms with Crippen molar-refractivity contribution in [3.05, 3.63) is 45.4 Å². The molecule has 0 radical (unpaired) electrons. The molecule has 6 heteroatoms. The van der Waals surface area contributed by atoms with Crippen LogP contribution in [-0.2, 0) is 19.5 Å². The van der Waals surface area contributed by atoms with E-state index in [-0.39, 0.29) is 5.91 Å². The largest absolute Gasteiger partial charge is 0.334 e. The summed E-state index contributed by atoms with van der Waals surface area (Å²) < 4.78 is 3.03. The zero-order chi connectivity index (χ0) is 15.0. The van der Waals surface area contributed by atoms with Crippen LogP contribution in [0.25, 0.3) is 0 Å². The number of hydrogen-bond acceptors (Lipinski definition) is 3. The number of fused-ring (bicyclic) bond motifs is 1. The van der Waals surface area contributed by atoms with Crippen molar-refractivity contribution in [2.45, 2.75) is 32.9 Å². The van der Waals surface area contributed by atoms with Crippen LogP contribution in [0.4, 0.5) is 0 Å². The van der Waals surface area contributed by atoms with Crippen molar-refractivity contribution >= 4 is 21.8 Å². The number of aromatic nitrogens is 3. The van der Waals surface area contributed by atoms with Gasteiger partial charge in [0, 0.05) is 30.0 Å². The summed E-state index contributed by atoms with van der Waals surface area (Å²) in [5.74, 6) is 1.90. The van der Waals surface area contributed by atoms with E-state index < -0.39 is 0 Å². The predicted molar refractivity (Wildman–Crippen MR) is 83.0 cm³/mol. The van der Waals surface area contributed by atoms with Crippen LogP contribution in [0.15, 0.2) is 22.7 Å². The third-order valence-electron chi connectivity index (χ3n) is 3.84. The molecule has 1 aliphatic heterocycles. The van der Waals surface area contributed by atoms with Crippen molar-refractivity contribution < 1.29 is 4.79 Å². The highest BCUT2D eigenvalue weighted by atomic mass is 79.9. The molecule has 1 aromatic carbocycles. The van der Waals surface area contributed by atoms with Crippen LogP contribution in [0, 0.1) is 6.92 Å². The lowest BCUT2D eigenvalue weighted by molar-refractivity contribution is 0.0779. The highest BCUT2D eigenvalue weighted by Crippen LogP contribution is 2.19. The third kappa shape index (κ3) is 2.72. The summed E-state index contributed by atoms with van der Waals surface area (Å²) in [7, 11) is 1.80. The molecule has 5 nitrogen and oxygen atoms in total. The van der Waals surface area contributed by atoms with Gasteiger partial charge in [-0.25, -0.2) is 0 Å². The highest BCUT2D eigenvalue weighted by Gasteiger charge is 2.21. The quantitative estimate of drug-likeness (QED) is 0.856. The van der Waals surface area contributed by atoms with E-state index >= 15 is 0 Å². The van der Waals surface area contributed by atoms with E-state index in [1.54, 1.807) is 11.9 Å². The van der Waals surface area contributed by atoms with Gasteiger partial charge in [-0.1, -0.05) is 22.0 Å². The number of rotatable bonds is 3. The second-order valence-electron chi connectivity index (χ2n) is 5.41. The normalized spacial score (nSPS) is 13.3. The molecule has 0 fully saturated rings. The molecule has 2 heterocycles. The predicted octanol–water partition coefficient (Wildman–Crippen LogP) is 2.57. The van der Waals surface area contributed by atoms with Gasteiger partial charge < -0.3 is 9.47 Å². The maximum absolute atomic E-state index is 12.6. The fraction of sp³-hybridized carbons (Fsp3) is 0.400. The molecule has 21 heavy (non-hydrogen) atoms. The number of hydrogen-bond donors (Lipinski definition) is 0. The monoisotopic (exact) mass is 348 g/mol. The highest BCUT2D eigenvalue weighted by molar-refractivity contribution is 9.10. The Morgan fingerprint density at radius 1 is 1.43 bits per heavy atom. The maximum atomic E-state index is 12.6. The Labute approximate surface area is 132 Å². The minimum absolute atomic E-state index is 0.00384. The second-order valence-corrected chi connectivity index (χ2v) is 6.32. The average molecular weight is 349 g/mol. The molecule has 1 aromatic heterocycles. The SMILES string of the molecule is Cc1ccc(Br)cc1C(=O)N(C)Cc1nnc2n1CCC2. The summed E-state index contributed by atoms with van der Waals surface area (Å²) in [6.45, 7) is 3.38. The number of aryl methyl sites for hydroxylation is 2. The van der Waals surface area contributed by atoms with Crippen LogP contribution < -0.4 is 0 Å². The van der Waals surface area contributed by atoms with Gasteiger partial charge in [0.05, 0.1) is 6.54 Å². The summed E-state index contributed by atoms with van der Waals surface area (Å²) in [6.07, 6.45) is 2.09. The first-order valence-corrected chi connectivity index (χ1v) is 7.78. The van der Waals surface area contributed by atoms with Gasteiger partial charge in [0.25, 0.3) is 5.91 Å². The minimum atomic E-state index is 0.00384. The Morgan fingerprint density at radius 3 is 3.05 bits per heavy atom. The number of amides is 1. The fourth-order valence-electron chi connectivity index (χ4n) is 2.64. The number of carbonyl (C=O) groups excluding carboxylic acids is 1. The van der Waals surface area contributed by atoms with E-state index in [1.165, 1.54) is 0 Å². The first-order chi connectivity index (χ1) is 10.1. The molecule has 0 bridgehead atoms. The summed E-state index contributed by atoms with van der Waals surface area (Å²) in [5.41, 5.74) is 1.69. The Hall–Kier alpha value is -1.69. The Kier molecular flexibility index (Phi) is 3.80.